The summed E-state index contributed by atoms with van der Waals surface area (Å²) in [5, 5.41) is 3.41. The second kappa shape index (κ2) is 5.81. The summed E-state index contributed by atoms with van der Waals surface area (Å²) < 4.78 is 0. The zero-order valence-corrected chi connectivity index (χ0v) is 12.8. The van der Waals surface area contributed by atoms with E-state index in [1.807, 2.05) is 30.3 Å². The van der Waals surface area contributed by atoms with Crippen LogP contribution >= 0.6 is 11.6 Å². The quantitative estimate of drug-likeness (QED) is 0.878. The maximum atomic E-state index is 12.1. The third kappa shape index (κ3) is 2.70. The maximum absolute atomic E-state index is 12.1. The van der Waals surface area contributed by atoms with Crippen molar-refractivity contribution in [2.24, 2.45) is 0 Å². The third-order valence-corrected chi connectivity index (χ3v) is 3.96. The monoisotopic (exact) mass is 314 g/mol. The number of anilines is 1. The highest BCUT2D eigenvalue weighted by atomic mass is 35.5. The molecular formula is C17H15ClN2O2. The molecule has 0 aromatic heterocycles. The van der Waals surface area contributed by atoms with Gasteiger partial charge in [-0.1, -0.05) is 41.9 Å². The lowest BCUT2D eigenvalue weighted by Crippen LogP contribution is -2.37. The summed E-state index contributed by atoms with van der Waals surface area (Å²) in [6.45, 7) is 1.49. The van der Waals surface area contributed by atoms with Crippen LogP contribution in [-0.4, -0.2) is 23.3 Å². The molecule has 1 aliphatic heterocycles. The van der Waals surface area contributed by atoms with Gasteiger partial charge in [-0.2, -0.15) is 0 Å². The molecule has 5 heteroatoms. The van der Waals surface area contributed by atoms with Crippen molar-refractivity contribution in [2.45, 2.75) is 13.0 Å². The molecular weight excluding hydrogens is 300 g/mol. The summed E-state index contributed by atoms with van der Waals surface area (Å²) >= 11 is 6.13. The van der Waals surface area contributed by atoms with Gasteiger partial charge in [0, 0.05) is 23.2 Å². The van der Waals surface area contributed by atoms with E-state index in [-0.39, 0.29) is 24.4 Å². The summed E-state index contributed by atoms with van der Waals surface area (Å²) in [7, 11) is 0. The number of halogens is 1. The molecule has 0 unspecified atom stereocenters. The number of fused-ring (bicyclic) bond motifs is 1. The number of nitrogens with one attached hydrogen (secondary N) is 1. The summed E-state index contributed by atoms with van der Waals surface area (Å²) in [5.74, 6) is -0.367. The molecule has 2 aromatic carbocycles. The zero-order chi connectivity index (χ0) is 15.7. The fraction of sp³-hybridized carbons (Fsp3) is 0.176. The van der Waals surface area contributed by atoms with Crippen LogP contribution in [0.4, 0.5) is 5.69 Å². The number of benzene rings is 2. The van der Waals surface area contributed by atoms with Crippen molar-refractivity contribution in [1.29, 1.82) is 0 Å². The first-order chi connectivity index (χ1) is 10.6. The Kier molecular flexibility index (Phi) is 3.86. The minimum Gasteiger partial charge on any atom is -0.324 e. The number of carbonyl (C=O) groups is 2. The Hall–Kier alpha value is -2.33. The molecule has 3 rings (SSSR count). The Morgan fingerprint density at radius 2 is 1.95 bits per heavy atom. The van der Waals surface area contributed by atoms with Crippen molar-refractivity contribution in [2.75, 3.05) is 11.9 Å². The molecule has 0 bridgehead atoms. The van der Waals surface area contributed by atoms with Gasteiger partial charge in [-0.05, 0) is 23.8 Å². The van der Waals surface area contributed by atoms with Gasteiger partial charge in [0.25, 0.3) is 0 Å². The Morgan fingerprint density at radius 1 is 1.23 bits per heavy atom. The highest BCUT2D eigenvalue weighted by molar-refractivity contribution is 6.30. The predicted octanol–water partition coefficient (Wildman–Crippen LogP) is 3.23. The number of nitrogens with zero attached hydrogens (tertiary/aromatic N) is 1. The topological polar surface area (TPSA) is 49.4 Å². The predicted molar refractivity (Wildman–Crippen MR) is 85.8 cm³/mol. The van der Waals surface area contributed by atoms with Crippen molar-refractivity contribution < 1.29 is 9.59 Å². The van der Waals surface area contributed by atoms with Crippen molar-refractivity contribution in [3.63, 3.8) is 0 Å². The molecule has 0 radical (unpaired) electrons. The van der Waals surface area contributed by atoms with E-state index in [2.05, 4.69) is 5.32 Å². The van der Waals surface area contributed by atoms with Crippen LogP contribution in [0.3, 0.4) is 0 Å². The Balaban J connectivity index is 2.22. The van der Waals surface area contributed by atoms with Crippen LogP contribution in [0.25, 0.3) is 0 Å². The summed E-state index contributed by atoms with van der Waals surface area (Å²) in [6, 6.07) is 14.6. The number of rotatable bonds is 1. The summed E-state index contributed by atoms with van der Waals surface area (Å²) in [6.07, 6.45) is 0. The molecule has 0 saturated carbocycles. The van der Waals surface area contributed by atoms with Crippen molar-refractivity contribution in [3.8, 4) is 0 Å². The van der Waals surface area contributed by atoms with Gasteiger partial charge in [-0.25, -0.2) is 0 Å². The minimum atomic E-state index is -0.341. The van der Waals surface area contributed by atoms with Gasteiger partial charge in [0.2, 0.25) is 11.8 Å². The van der Waals surface area contributed by atoms with Crippen LogP contribution in [0.15, 0.2) is 48.5 Å². The number of carbonyl (C=O) groups excluding carboxylic acids is 2. The molecule has 4 nitrogen and oxygen atoms in total. The van der Waals surface area contributed by atoms with E-state index in [1.165, 1.54) is 6.92 Å². The molecule has 1 aliphatic rings. The molecule has 0 fully saturated rings. The van der Waals surface area contributed by atoms with Crippen LogP contribution in [0.1, 0.15) is 24.1 Å². The van der Waals surface area contributed by atoms with Gasteiger partial charge >= 0.3 is 0 Å². The minimum absolute atomic E-state index is 0.0151. The van der Waals surface area contributed by atoms with E-state index < -0.39 is 0 Å². The van der Waals surface area contributed by atoms with Crippen LogP contribution in [0.2, 0.25) is 5.02 Å². The van der Waals surface area contributed by atoms with Crippen LogP contribution < -0.4 is 5.32 Å². The molecule has 2 amide bonds. The first-order valence-electron chi connectivity index (χ1n) is 6.97. The molecule has 1 N–H and O–H groups in total. The van der Waals surface area contributed by atoms with E-state index >= 15 is 0 Å². The fourth-order valence-corrected chi connectivity index (χ4v) is 2.95. The fourth-order valence-electron chi connectivity index (χ4n) is 2.77. The first kappa shape index (κ1) is 14.6. The van der Waals surface area contributed by atoms with Gasteiger partial charge in [0.05, 0.1) is 6.04 Å². The Bertz CT molecular complexity index is 731. The van der Waals surface area contributed by atoms with Gasteiger partial charge < -0.3 is 10.2 Å². The number of hydrogen-bond donors (Lipinski definition) is 1. The van der Waals surface area contributed by atoms with Crippen LogP contribution in [-0.2, 0) is 9.59 Å². The molecule has 0 saturated heterocycles. The lowest BCUT2D eigenvalue weighted by atomic mass is 9.96. The number of hydrogen-bond acceptors (Lipinski definition) is 2. The third-order valence-electron chi connectivity index (χ3n) is 3.73. The van der Waals surface area contributed by atoms with E-state index in [0.717, 1.165) is 11.1 Å². The molecule has 22 heavy (non-hydrogen) atoms. The van der Waals surface area contributed by atoms with Crippen LogP contribution in [0, 0.1) is 0 Å². The summed E-state index contributed by atoms with van der Waals surface area (Å²) in [4.78, 5) is 25.7. The van der Waals surface area contributed by atoms with E-state index in [4.69, 9.17) is 11.6 Å². The van der Waals surface area contributed by atoms with E-state index in [1.54, 1.807) is 23.1 Å². The second-order valence-electron chi connectivity index (χ2n) is 5.24. The highest BCUT2D eigenvalue weighted by Crippen LogP contribution is 2.37. The Labute approximate surface area is 133 Å². The lowest BCUT2D eigenvalue weighted by Gasteiger charge is -2.29. The van der Waals surface area contributed by atoms with Crippen molar-refractivity contribution >= 4 is 29.1 Å². The van der Waals surface area contributed by atoms with Gasteiger partial charge in [0.1, 0.15) is 6.54 Å². The molecule has 0 spiro atoms. The normalized spacial score (nSPS) is 17.5. The Morgan fingerprint density at radius 3 is 2.64 bits per heavy atom. The zero-order valence-electron chi connectivity index (χ0n) is 12.0. The average molecular weight is 315 g/mol. The highest BCUT2D eigenvalue weighted by Gasteiger charge is 2.31. The van der Waals surface area contributed by atoms with Crippen molar-refractivity contribution in [3.05, 3.63) is 64.7 Å². The van der Waals surface area contributed by atoms with Crippen LogP contribution in [0.5, 0.6) is 0 Å². The molecule has 0 aliphatic carbocycles. The molecule has 2 aromatic rings. The molecule has 1 atom stereocenters. The maximum Gasteiger partial charge on any atom is 0.244 e. The standard InChI is InChI=1S/C17H15ClN2O2/c1-11(21)20-10-16(22)19-15-8-7-13(18)9-14(15)17(20)12-5-3-2-4-6-12/h2-9,17H,10H2,1H3,(H,19,22)/t17-/m0/s1. The van der Waals surface area contributed by atoms with Gasteiger partial charge in [-0.15, -0.1) is 0 Å². The summed E-state index contributed by atoms with van der Waals surface area (Å²) in [5.41, 5.74) is 2.45. The first-order valence-corrected chi connectivity index (χ1v) is 7.35. The largest absolute Gasteiger partial charge is 0.324 e. The second-order valence-corrected chi connectivity index (χ2v) is 5.68. The smallest absolute Gasteiger partial charge is 0.244 e. The SMILES string of the molecule is CC(=O)N1CC(=O)Nc2ccc(Cl)cc2[C@@H]1c1ccccc1. The van der Waals surface area contributed by atoms with E-state index in [9.17, 15) is 9.59 Å². The van der Waals surface area contributed by atoms with Gasteiger partial charge in [-0.3, -0.25) is 9.59 Å². The number of amides is 2. The van der Waals surface area contributed by atoms with Crippen molar-refractivity contribution in [1.82, 2.24) is 4.90 Å². The molecule has 112 valence electrons. The van der Waals surface area contributed by atoms with E-state index in [0.29, 0.717) is 10.7 Å². The van der Waals surface area contributed by atoms with Gasteiger partial charge in [0.15, 0.2) is 0 Å². The molecule has 1 heterocycles. The lowest BCUT2D eigenvalue weighted by molar-refractivity contribution is -0.134. The average Bonchev–Trinajstić information content (AvgIpc) is 2.64.